The van der Waals surface area contributed by atoms with Crippen molar-refractivity contribution in [3.63, 3.8) is 0 Å². The largest absolute Gasteiger partial charge is 0.481 e. The molecule has 2 saturated carbocycles. The van der Waals surface area contributed by atoms with Gasteiger partial charge in [0.05, 0.1) is 0 Å². The van der Waals surface area contributed by atoms with Crippen molar-refractivity contribution in [3.8, 4) is 11.1 Å². The molecule has 0 radical (unpaired) electrons. The zero-order valence-electron chi connectivity index (χ0n) is 17.5. The van der Waals surface area contributed by atoms with E-state index in [-0.39, 0.29) is 11.5 Å². The van der Waals surface area contributed by atoms with Gasteiger partial charge in [0.1, 0.15) is 16.8 Å². The number of carbonyl (C=O) groups excluding carboxylic acids is 1. The molecule has 3 fully saturated rings. The molecule has 1 atom stereocenters. The number of carboxylic acid groups (broad SMARTS) is 1. The van der Waals surface area contributed by atoms with Crippen molar-refractivity contribution in [2.45, 2.75) is 50.0 Å². The molecule has 2 aromatic rings. The molecule has 1 amide bonds. The highest BCUT2D eigenvalue weighted by molar-refractivity contribution is 5.89. The van der Waals surface area contributed by atoms with Crippen LogP contribution >= 0.6 is 0 Å². The molecule has 2 aliphatic carbocycles. The highest BCUT2D eigenvalue weighted by Crippen LogP contribution is 2.70. The molecule has 2 N–H and O–H groups in total. The van der Waals surface area contributed by atoms with E-state index in [4.69, 9.17) is 0 Å². The summed E-state index contributed by atoms with van der Waals surface area (Å²) in [7, 11) is 0. The number of aliphatic carboxylic acids is 1. The summed E-state index contributed by atoms with van der Waals surface area (Å²) >= 11 is 0. The number of likely N-dealkylation sites (tertiary alicyclic amines) is 1. The van der Waals surface area contributed by atoms with Gasteiger partial charge in [0.15, 0.2) is 0 Å². The lowest BCUT2D eigenvalue weighted by Gasteiger charge is -2.36. The number of amides is 1. The topological polar surface area (TPSA) is 77.8 Å². The number of rotatable bonds is 4. The van der Waals surface area contributed by atoms with Crippen LogP contribution in [0.15, 0.2) is 42.5 Å². The van der Waals surface area contributed by atoms with Crippen LogP contribution in [0.5, 0.6) is 0 Å². The van der Waals surface area contributed by atoms with E-state index < -0.39 is 28.2 Å². The Kier molecular flexibility index (Phi) is 4.32. The second kappa shape index (κ2) is 6.63. The van der Waals surface area contributed by atoms with Gasteiger partial charge in [-0.2, -0.15) is 0 Å². The molecule has 3 aliphatic rings. The number of halogens is 1. The van der Waals surface area contributed by atoms with Gasteiger partial charge in [0.2, 0.25) is 0 Å². The Bertz CT molecular complexity index is 1080. The van der Waals surface area contributed by atoms with E-state index in [1.54, 1.807) is 17.0 Å². The number of hydrogen-bond acceptors (Lipinski definition) is 3. The number of aliphatic hydroxyl groups is 1. The Morgan fingerprint density at radius 2 is 1.71 bits per heavy atom. The van der Waals surface area contributed by atoms with E-state index in [0.29, 0.717) is 45.2 Å². The summed E-state index contributed by atoms with van der Waals surface area (Å²) in [6.45, 7) is 2.77. The molecule has 1 aliphatic heterocycles. The molecular formula is C25H26FNO4. The molecular weight excluding hydrogens is 397 g/mol. The third-order valence-electron chi connectivity index (χ3n) is 7.76. The minimum absolute atomic E-state index is 0.234. The van der Waals surface area contributed by atoms with Crippen molar-refractivity contribution in [3.05, 3.63) is 59.4 Å². The van der Waals surface area contributed by atoms with Crippen molar-refractivity contribution in [1.82, 2.24) is 4.90 Å². The van der Waals surface area contributed by atoms with Crippen LogP contribution in [0.4, 0.5) is 4.39 Å². The molecule has 1 heterocycles. The summed E-state index contributed by atoms with van der Waals surface area (Å²) in [4.78, 5) is 26.5. The molecule has 0 aromatic heterocycles. The lowest BCUT2D eigenvalue weighted by Crippen LogP contribution is -2.47. The fraction of sp³-hybridized carbons (Fsp3) is 0.440. The van der Waals surface area contributed by atoms with Gasteiger partial charge >= 0.3 is 5.97 Å². The van der Waals surface area contributed by atoms with Gasteiger partial charge in [-0.3, -0.25) is 9.59 Å². The van der Waals surface area contributed by atoms with Crippen LogP contribution in [0.3, 0.4) is 0 Å². The summed E-state index contributed by atoms with van der Waals surface area (Å²) in [5.41, 5.74) is -0.104. The highest BCUT2D eigenvalue weighted by Gasteiger charge is 2.74. The first-order valence-corrected chi connectivity index (χ1v) is 10.8. The Hall–Kier alpha value is -2.73. The van der Waals surface area contributed by atoms with Gasteiger partial charge in [-0.05, 0) is 67.2 Å². The number of nitrogens with zero attached hydrogens (tertiary/aromatic N) is 1. The number of carboxylic acids is 1. The molecule has 0 bridgehead atoms. The second-order valence-electron chi connectivity index (χ2n) is 9.50. The maximum atomic E-state index is 15.3. The molecule has 0 unspecified atom stereocenters. The number of benzene rings is 2. The number of carbonyl (C=O) groups is 2. The van der Waals surface area contributed by atoms with Gasteiger partial charge in [0, 0.05) is 18.7 Å². The highest BCUT2D eigenvalue weighted by atomic mass is 19.1. The number of hydrogen-bond donors (Lipinski definition) is 2. The lowest BCUT2D eigenvalue weighted by molar-refractivity contribution is -0.145. The molecule has 162 valence electrons. The van der Waals surface area contributed by atoms with Crippen LogP contribution in [0.2, 0.25) is 0 Å². The number of aryl methyl sites for hydroxylation is 1. The SMILES string of the molecule is Cc1ccccc1-c1ccc([C@]2(C(=O)O)CC23CCN(C(=O)C2(O)CC2)CC3)c(F)c1. The molecule has 2 aromatic carbocycles. The fourth-order valence-electron chi connectivity index (χ4n) is 5.56. The van der Waals surface area contributed by atoms with Crippen molar-refractivity contribution in [2.75, 3.05) is 13.1 Å². The monoisotopic (exact) mass is 423 g/mol. The maximum Gasteiger partial charge on any atom is 0.314 e. The molecule has 5 nitrogen and oxygen atoms in total. The van der Waals surface area contributed by atoms with Crippen LogP contribution in [0.1, 0.15) is 43.2 Å². The van der Waals surface area contributed by atoms with Crippen LogP contribution in [0.25, 0.3) is 11.1 Å². The molecule has 6 heteroatoms. The number of piperidine rings is 1. The van der Waals surface area contributed by atoms with Crippen LogP contribution < -0.4 is 0 Å². The van der Waals surface area contributed by atoms with E-state index in [2.05, 4.69) is 0 Å². The van der Waals surface area contributed by atoms with E-state index in [9.17, 15) is 19.8 Å². The quantitative estimate of drug-likeness (QED) is 0.787. The third-order valence-corrected chi connectivity index (χ3v) is 7.76. The Morgan fingerprint density at radius 1 is 1.03 bits per heavy atom. The molecule has 5 rings (SSSR count). The van der Waals surface area contributed by atoms with Crippen molar-refractivity contribution < 1.29 is 24.2 Å². The Morgan fingerprint density at radius 3 is 2.29 bits per heavy atom. The summed E-state index contributed by atoms with van der Waals surface area (Å²) in [6, 6.07) is 12.6. The summed E-state index contributed by atoms with van der Waals surface area (Å²) in [6.07, 6.45) is 2.36. The predicted molar refractivity (Wildman–Crippen MR) is 113 cm³/mol. The standard InChI is InChI=1S/C25H26FNO4/c1-16-4-2-3-5-18(16)17-6-7-19(20(26)14-17)25(22(29)30)15-23(25)10-12-27(13-11-23)21(28)24(31)8-9-24/h2-7,14,31H,8-13,15H2,1H3,(H,29,30)/t25-/m0/s1. The zero-order valence-corrected chi connectivity index (χ0v) is 17.5. The van der Waals surface area contributed by atoms with E-state index >= 15 is 4.39 Å². The zero-order chi connectivity index (χ0) is 22.0. The average Bonchev–Trinajstić information content (AvgIpc) is 3.65. The van der Waals surface area contributed by atoms with Crippen LogP contribution in [0, 0.1) is 18.2 Å². The van der Waals surface area contributed by atoms with Gasteiger partial charge in [-0.25, -0.2) is 4.39 Å². The normalized spacial score (nSPS) is 25.3. The Balaban J connectivity index is 1.42. The lowest BCUT2D eigenvalue weighted by atomic mass is 9.79. The fourth-order valence-corrected chi connectivity index (χ4v) is 5.56. The predicted octanol–water partition coefficient (Wildman–Crippen LogP) is 3.66. The first-order chi connectivity index (χ1) is 14.7. The first-order valence-electron chi connectivity index (χ1n) is 10.8. The van der Waals surface area contributed by atoms with Gasteiger partial charge in [0.25, 0.3) is 5.91 Å². The van der Waals surface area contributed by atoms with Crippen molar-refractivity contribution in [2.24, 2.45) is 5.41 Å². The van der Waals surface area contributed by atoms with Crippen molar-refractivity contribution >= 4 is 11.9 Å². The minimum atomic E-state index is -1.26. The van der Waals surface area contributed by atoms with Gasteiger partial charge in [-0.15, -0.1) is 0 Å². The van der Waals surface area contributed by atoms with Crippen molar-refractivity contribution in [1.29, 1.82) is 0 Å². The summed E-state index contributed by atoms with van der Waals surface area (Å²) < 4.78 is 15.3. The second-order valence-corrected chi connectivity index (χ2v) is 9.50. The molecule has 31 heavy (non-hydrogen) atoms. The molecule has 1 spiro atoms. The Labute approximate surface area is 180 Å². The van der Waals surface area contributed by atoms with Gasteiger partial charge < -0.3 is 15.1 Å². The molecule has 1 saturated heterocycles. The smallest absolute Gasteiger partial charge is 0.314 e. The van der Waals surface area contributed by atoms with Crippen LogP contribution in [-0.4, -0.2) is 45.7 Å². The average molecular weight is 423 g/mol. The van der Waals surface area contributed by atoms with Gasteiger partial charge in [-0.1, -0.05) is 36.4 Å². The maximum absolute atomic E-state index is 15.3. The summed E-state index contributed by atoms with van der Waals surface area (Å²) in [5.74, 6) is -1.75. The third kappa shape index (κ3) is 2.92. The first kappa shape index (κ1) is 20.2. The van der Waals surface area contributed by atoms with Crippen LogP contribution in [-0.2, 0) is 15.0 Å². The van der Waals surface area contributed by atoms with E-state index in [1.165, 1.54) is 6.07 Å². The van der Waals surface area contributed by atoms with E-state index in [0.717, 1.165) is 16.7 Å². The minimum Gasteiger partial charge on any atom is -0.481 e. The van der Waals surface area contributed by atoms with E-state index in [1.807, 2.05) is 31.2 Å². The summed E-state index contributed by atoms with van der Waals surface area (Å²) in [5, 5.41) is 20.3.